The highest BCUT2D eigenvalue weighted by molar-refractivity contribution is 6.35. The van der Waals surface area contributed by atoms with Crippen molar-refractivity contribution in [2.75, 3.05) is 0 Å². The van der Waals surface area contributed by atoms with E-state index >= 15 is 0 Å². The van der Waals surface area contributed by atoms with E-state index in [-0.39, 0.29) is 23.2 Å². The van der Waals surface area contributed by atoms with Gasteiger partial charge in [0.15, 0.2) is 0 Å². The van der Waals surface area contributed by atoms with Crippen LogP contribution in [0.3, 0.4) is 0 Å². The molecular weight excluding hydrogens is 290 g/mol. The van der Waals surface area contributed by atoms with Gasteiger partial charge >= 0.3 is 11.8 Å². The van der Waals surface area contributed by atoms with Gasteiger partial charge in [-0.2, -0.15) is 0 Å². The molecule has 0 aromatic heterocycles. The molecule has 1 heterocycles. The molecule has 1 aliphatic carbocycles. The third-order valence-electron chi connectivity index (χ3n) is 5.16. The van der Waals surface area contributed by atoms with Gasteiger partial charge in [-0.15, -0.1) is 0 Å². The van der Waals surface area contributed by atoms with Crippen molar-refractivity contribution < 1.29 is 9.59 Å². The summed E-state index contributed by atoms with van der Waals surface area (Å²) in [5.74, 6) is -0.503. The average Bonchev–Trinajstić information content (AvgIpc) is 2.37. The Hall–Kier alpha value is -1.10. The molecular formula is C18H33N3O2. The van der Waals surface area contributed by atoms with E-state index in [1.165, 1.54) is 6.42 Å². The predicted molar refractivity (Wildman–Crippen MR) is 92.0 cm³/mol. The molecule has 0 spiro atoms. The summed E-state index contributed by atoms with van der Waals surface area (Å²) < 4.78 is 0. The second kappa shape index (κ2) is 6.80. The molecule has 2 rings (SSSR count). The number of carbonyl (C=O) groups excluding carboxylic acids is 2. The average molecular weight is 323 g/mol. The first-order chi connectivity index (χ1) is 10.6. The molecule has 1 saturated heterocycles. The Morgan fingerprint density at radius 1 is 0.913 bits per heavy atom. The van der Waals surface area contributed by atoms with Gasteiger partial charge in [-0.3, -0.25) is 9.59 Å². The second-order valence-corrected chi connectivity index (χ2v) is 8.81. The fraction of sp³-hybridized carbons (Fsp3) is 0.889. The van der Waals surface area contributed by atoms with Crippen molar-refractivity contribution in [1.82, 2.24) is 16.0 Å². The Bertz CT molecular complexity index is 443. The van der Waals surface area contributed by atoms with Crippen molar-refractivity contribution in [2.24, 2.45) is 5.92 Å². The number of hydrogen-bond acceptors (Lipinski definition) is 3. The van der Waals surface area contributed by atoms with Crippen LogP contribution in [0.2, 0.25) is 0 Å². The van der Waals surface area contributed by atoms with E-state index in [0.29, 0.717) is 5.92 Å². The van der Waals surface area contributed by atoms with Crippen molar-refractivity contribution in [3.63, 3.8) is 0 Å². The van der Waals surface area contributed by atoms with Gasteiger partial charge in [0.1, 0.15) is 0 Å². The molecule has 0 unspecified atom stereocenters. The van der Waals surface area contributed by atoms with Crippen LogP contribution in [0.5, 0.6) is 0 Å². The summed E-state index contributed by atoms with van der Waals surface area (Å²) in [6.45, 7) is 10.7. The summed E-state index contributed by atoms with van der Waals surface area (Å²) in [6.07, 6.45) is 6.12. The molecule has 132 valence electrons. The minimum Gasteiger partial charge on any atom is -0.345 e. The number of hydrogen-bond donors (Lipinski definition) is 3. The first kappa shape index (κ1) is 18.2. The molecule has 5 nitrogen and oxygen atoms in total. The molecule has 0 radical (unpaired) electrons. The van der Waals surface area contributed by atoms with Crippen LogP contribution in [0.4, 0.5) is 0 Å². The lowest BCUT2D eigenvalue weighted by Crippen LogP contribution is -2.63. The maximum atomic E-state index is 12.3. The number of carbonyl (C=O) groups is 2. The molecule has 5 heteroatoms. The van der Waals surface area contributed by atoms with Gasteiger partial charge in [0.25, 0.3) is 0 Å². The van der Waals surface area contributed by atoms with Crippen LogP contribution in [-0.2, 0) is 9.59 Å². The van der Waals surface area contributed by atoms with Gasteiger partial charge in [-0.05, 0) is 59.3 Å². The van der Waals surface area contributed by atoms with Crippen LogP contribution in [0.15, 0.2) is 0 Å². The quantitative estimate of drug-likeness (QED) is 0.682. The largest absolute Gasteiger partial charge is 0.345 e. The SMILES string of the molecule is C[C@@H]1CCCC[C@H]1NC(=O)C(=O)NC1CC(C)(C)NC(C)(C)C1. The van der Waals surface area contributed by atoms with Crippen LogP contribution in [-0.4, -0.2) is 35.0 Å². The summed E-state index contributed by atoms with van der Waals surface area (Å²) in [6, 6.07) is 0.172. The number of rotatable bonds is 2. The Labute approximate surface area is 140 Å². The monoisotopic (exact) mass is 323 g/mol. The van der Waals surface area contributed by atoms with Crippen LogP contribution in [0.1, 0.15) is 73.1 Å². The molecule has 1 aliphatic heterocycles. The van der Waals surface area contributed by atoms with E-state index in [1.54, 1.807) is 0 Å². The lowest BCUT2D eigenvalue weighted by Gasteiger charge is -2.46. The predicted octanol–water partition coefficient (Wildman–Crippen LogP) is 2.11. The summed E-state index contributed by atoms with van der Waals surface area (Å²) in [4.78, 5) is 24.5. The van der Waals surface area contributed by atoms with E-state index in [0.717, 1.165) is 32.1 Å². The van der Waals surface area contributed by atoms with Crippen LogP contribution in [0, 0.1) is 5.92 Å². The van der Waals surface area contributed by atoms with Crippen molar-refractivity contribution in [3.8, 4) is 0 Å². The van der Waals surface area contributed by atoms with E-state index < -0.39 is 11.8 Å². The van der Waals surface area contributed by atoms with E-state index in [9.17, 15) is 9.59 Å². The van der Waals surface area contributed by atoms with Crippen molar-refractivity contribution >= 4 is 11.8 Å². The highest BCUT2D eigenvalue weighted by Gasteiger charge is 2.38. The summed E-state index contributed by atoms with van der Waals surface area (Å²) in [7, 11) is 0. The zero-order valence-electron chi connectivity index (χ0n) is 15.3. The fourth-order valence-corrected chi connectivity index (χ4v) is 4.44. The molecule has 2 fully saturated rings. The standard InChI is InChI=1S/C18H33N3O2/c1-12-8-6-7-9-14(12)20-16(23)15(22)19-13-10-17(2,3)21-18(4,5)11-13/h12-14,21H,6-11H2,1-5H3,(H,19,22)(H,20,23)/t12-,14-/m1/s1. The van der Waals surface area contributed by atoms with Gasteiger partial charge in [-0.25, -0.2) is 0 Å². The molecule has 2 amide bonds. The first-order valence-corrected chi connectivity index (χ1v) is 8.99. The van der Waals surface area contributed by atoms with Crippen LogP contribution < -0.4 is 16.0 Å². The Balaban J connectivity index is 1.89. The highest BCUT2D eigenvalue weighted by Crippen LogP contribution is 2.28. The zero-order chi connectivity index (χ0) is 17.3. The molecule has 0 aromatic rings. The Morgan fingerprint density at radius 2 is 1.43 bits per heavy atom. The number of amides is 2. The molecule has 3 N–H and O–H groups in total. The first-order valence-electron chi connectivity index (χ1n) is 8.99. The van der Waals surface area contributed by atoms with E-state index in [2.05, 4.69) is 50.6 Å². The Kier molecular flexibility index (Phi) is 5.39. The Morgan fingerprint density at radius 3 is 2.00 bits per heavy atom. The molecule has 2 atom stereocenters. The lowest BCUT2D eigenvalue weighted by molar-refractivity contribution is -0.140. The second-order valence-electron chi connectivity index (χ2n) is 8.81. The smallest absolute Gasteiger partial charge is 0.309 e. The van der Waals surface area contributed by atoms with Gasteiger partial charge < -0.3 is 16.0 Å². The molecule has 23 heavy (non-hydrogen) atoms. The molecule has 2 aliphatic rings. The lowest BCUT2D eigenvalue weighted by atomic mass is 9.79. The summed E-state index contributed by atoms with van der Waals surface area (Å²) in [5, 5.41) is 9.46. The maximum Gasteiger partial charge on any atom is 0.309 e. The van der Waals surface area contributed by atoms with Gasteiger partial charge in [0, 0.05) is 23.2 Å². The minimum atomic E-state index is -0.485. The van der Waals surface area contributed by atoms with E-state index in [4.69, 9.17) is 0 Å². The topological polar surface area (TPSA) is 70.2 Å². The van der Waals surface area contributed by atoms with E-state index in [1.807, 2.05) is 0 Å². The van der Waals surface area contributed by atoms with Crippen molar-refractivity contribution in [3.05, 3.63) is 0 Å². The van der Waals surface area contributed by atoms with Crippen molar-refractivity contribution in [1.29, 1.82) is 0 Å². The third kappa shape index (κ3) is 5.20. The molecule has 0 bridgehead atoms. The third-order valence-corrected chi connectivity index (χ3v) is 5.16. The maximum absolute atomic E-state index is 12.3. The summed E-state index contributed by atoms with van der Waals surface area (Å²) in [5.41, 5.74) is -0.0951. The zero-order valence-corrected chi connectivity index (χ0v) is 15.3. The fourth-order valence-electron chi connectivity index (χ4n) is 4.44. The molecule has 0 aromatic carbocycles. The van der Waals surface area contributed by atoms with Gasteiger partial charge in [0.2, 0.25) is 0 Å². The van der Waals surface area contributed by atoms with Crippen molar-refractivity contribution in [2.45, 2.75) is 96.3 Å². The highest BCUT2D eigenvalue weighted by atomic mass is 16.2. The number of nitrogens with one attached hydrogen (secondary N) is 3. The van der Waals surface area contributed by atoms with Gasteiger partial charge in [-0.1, -0.05) is 19.8 Å². The molecule has 1 saturated carbocycles. The summed E-state index contributed by atoms with van der Waals surface area (Å²) >= 11 is 0. The van der Waals surface area contributed by atoms with Gasteiger partial charge in [0.05, 0.1) is 0 Å². The minimum absolute atomic E-state index is 0.0308. The van der Waals surface area contributed by atoms with Crippen LogP contribution in [0.25, 0.3) is 0 Å². The van der Waals surface area contributed by atoms with Crippen LogP contribution >= 0.6 is 0 Å². The number of piperidine rings is 1. The normalized spacial score (nSPS) is 30.5.